The maximum absolute atomic E-state index is 13.7. The summed E-state index contributed by atoms with van der Waals surface area (Å²) < 4.78 is 1.83. The average Bonchev–Trinajstić information content (AvgIpc) is 3.38. The van der Waals surface area contributed by atoms with Gasteiger partial charge in [-0.25, -0.2) is 0 Å². The highest BCUT2D eigenvalue weighted by atomic mass is 16.3. The van der Waals surface area contributed by atoms with Crippen molar-refractivity contribution in [2.24, 2.45) is 40.9 Å². The smallest absolute Gasteiger partial charge is 0.157 e. The summed E-state index contributed by atoms with van der Waals surface area (Å²) in [6, 6.07) is 7.74. The quantitative estimate of drug-likeness (QED) is 0.658. The fourth-order valence-electron chi connectivity index (χ4n) is 9.15. The van der Waals surface area contributed by atoms with Crippen LogP contribution in [0.2, 0.25) is 0 Å². The lowest BCUT2D eigenvalue weighted by Crippen LogP contribution is -2.51. The van der Waals surface area contributed by atoms with E-state index in [0.717, 1.165) is 47.9 Å². The van der Waals surface area contributed by atoms with Crippen molar-refractivity contribution < 1.29 is 9.90 Å². The maximum Gasteiger partial charge on any atom is 0.157 e. The van der Waals surface area contributed by atoms with E-state index in [-0.39, 0.29) is 11.3 Å². The van der Waals surface area contributed by atoms with Gasteiger partial charge >= 0.3 is 0 Å². The molecule has 1 N–H and O–H groups in total. The largest absolute Gasteiger partial charge is 0.390 e. The third-order valence-electron chi connectivity index (χ3n) is 10.7. The number of hydrogen-bond donors (Lipinski definition) is 1. The van der Waals surface area contributed by atoms with Crippen LogP contribution in [0.4, 0.5) is 0 Å². The van der Waals surface area contributed by atoms with E-state index in [1.165, 1.54) is 38.5 Å². The number of hydrogen-bond acceptors (Lipinski definition) is 4. The summed E-state index contributed by atoms with van der Waals surface area (Å²) in [5.41, 5.74) is 1.21. The first-order valence-electron chi connectivity index (χ1n) is 13.4. The minimum absolute atomic E-state index is 0.113. The monoisotopic (exact) mass is 459 g/mol. The summed E-state index contributed by atoms with van der Waals surface area (Å²) in [7, 11) is 0. The fraction of sp³-hybridized carbons (Fsp3) is 0.690. The van der Waals surface area contributed by atoms with E-state index in [1.807, 2.05) is 23.7 Å². The molecule has 4 fully saturated rings. The van der Waals surface area contributed by atoms with E-state index in [0.29, 0.717) is 29.7 Å². The molecule has 0 radical (unpaired) electrons. The number of nitrogens with zero attached hydrogens (tertiary/aromatic N) is 3. The Hall–Kier alpha value is -2.19. The number of aliphatic hydroxyl groups is 1. The Labute approximate surface area is 202 Å². The molecule has 8 atom stereocenters. The van der Waals surface area contributed by atoms with E-state index in [1.54, 1.807) is 12.3 Å². The molecule has 0 aliphatic heterocycles. The second-order valence-corrected chi connectivity index (χ2v) is 12.5. The van der Waals surface area contributed by atoms with Crippen LogP contribution in [0.15, 0.2) is 24.4 Å². The van der Waals surface area contributed by atoms with Gasteiger partial charge in [-0.2, -0.15) is 10.4 Å². The van der Waals surface area contributed by atoms with E-state index in [9.17, 15) is 9.90 Å². The molecule has 5 nitrogen and oxygen atoms in total. The molecule has 1 aromatic carbocycles. The molecule has 0 unspecified atom stereocenters. The highest BCUT2D eigenvalue weighted by molar-refractivity contribution is 5.85. The van der Waals surface area contributed by atoms with Gasteiger partial charge < -0.3 is 5.11 Å². The average molecular weight is 460 g/mol. The lowest BCUT2D eigenvalue weighted by atomic mass is 9.49. The predicted octanol–water partition coefficient (Wildman–Crippen LogP) is 5.50. The molecular weight excluding hydrogens is 422 g/mol. The van der Waals surface area contributed by atoms with Crippen molar-refractivity contribution >= 4 is 16.7 Å². The van der Waals surface area contributed by atoms with Gasteiger partial charge in [-0.15, -0.1) is 0 Å². The van der Waals surface area contributed by atoms with Gasteiger partial charge in [-0.3, -0.25) is 9.48 Å². The molecule has 6 rings (SSSR count). The predicted molar refractivity (Wildman–Crippen MR) is 131 cm³/mol. The van der Waals surface area contributed by atoms with Crippen LogP contribution in [-0.2, 0) is 11.3 Å². The van der Waals surface area contributed by atoms with E-state index >= 15 is 0 Å². The normalized spacial score (nSPS) is 41.4. The standard InChI is InChI=1S/C29H37N3O2/c1-28(34)11-9-21-19(14-28)4-5-23-22(21)10-12-29(2)24(23)6-7-25(29)27(33)17-32-26-8-3-18(15-30)13-20(26)16-31-32/h3,8,13,16,19,21-25,34H,4-7,9-12,14,17H2,1-2H3/t19-,21+,22-,23-,24+,25-,28-,29+/m1/s1. The first kappa shape index (κ1) is 22.3. The Morgan fingerprint density at radius 3 is 2.76 bits per heavy atom. The van der Waals surface area contributed by atoms with Crippen molar-refractivity contribution in [2.45, 2.75) is 83.8 Å². The minimum atomic E-state index is -0.463. The molecule has 0 spiro atoms. The highest BCUT2D eigenvalue weighted by Crippen LogP contribution is 2.64. The Balaban J connectivity index is 1.19. The Kier molecular flexibility index (Phi) is 5.19. The molecule has 180 valence electrons. The molecule has 1 heterocycles. The molecule has 1 aromatic heterocycles. The van der Waals surface area contributed by atoms with Crippen LogP contribution < -0.4 is 0 Å². The van der Waals surface area contributed by atoms with Crippen molar-refractivity contribution in [1.82, 2.24) is 9.78 Å². The molecule has 2 aromatic rings. The number of nitriles is 1. The summed E-state index contributed by atoms with van der Waals surface area (Å²) in [5.74, 6) is 4.16. The molecule has 0 bridgehead atoms. The summed E-state index contributed by atoms with van der Waals surface area (Å²) >= 11 is 0. The minimum Gasteiger partial charge on any atom is -0.390 e. The Bertz CT molecular complexity index is 1160. The fourth-order valence-corrected chi connectivity index (χ4v) is 9.15. The summed E-state index contributed by atoms with van der Waals surface area (Å²) in [4.78, 5) is 13.7. The van der Waals surface area contributed by atoms with Crippen LogP contribution in [0, 0.1) is 52.3 Å². The summed E-state index contributed by atoms with van der Waals surface area (Å²) in [5, 5.41) is 25.2. The molecule has 5 heteroatoms. The summed E-state index contributed by atoms with van der Waals surface area (Å²) in [6.45, 7) is 4.78. The van der Waals surface area contributed by atoms with Crippen LogP contribution in [0.3, 0.4) is 0 Å². The number of carbonyl (C=O) groups is 1. The van der Waals surface area contributed by atoms with Crippen LogP contribution in [0.25, 0.3) is 10.9 Å². The number of rotatable bonds is 3. The SMILES string of the molecule is C[C@@]1(O)CC[C@H]2[C@H](CC[C@@H]3[C@@H]2CC[C@]2(C)[C@@H](C(=O)Cn4ncc5cc(C#N)ccc54)CC[C@@H]32)C1. The van der Waals surface area contributed by atoms with Gasteiger partial charge in [0.1, 0.15) is 6.54 Å². The van der Waals surface area contributed by atoms with Gasteiger partial charge in [0.25, 0.3) is 0 Å². The first-order valence-corrected chi connectivity index (χ1v) is 13.4. The number of carbonyl (C=O) groups excluding carboxylic acids is 1. The van der Waals surface area contributed by atoms with Crippen molar-refractivity contribution in [3.63, 3.8) is 0 Å². The lowest BCUT2D eigenvalue weighted by molar-refractivity contribution is -0.133. The van der Waals surface area contributed by atoms with E-state index in [4.69, 9.17) is 5.26 Å². The Morgan fingerprint density at radius 2 is 1.94 bits per heavy atom. The van der Waals surface area contributed by atoms with Crippen LogP contribution >= 0.6 is 0 Å². The third kappa shape index (κ3) is 3.44. The zero-order valence-corrected chi connectivity index (χ0v) is 20.5. The maximum atomic E-state index is 13.7. The second-order valence-electron chi connectivity index (χ2n) is 12.5. The Morgan fingerprint density at radius 1 is 1.12 bits per heavy atom. The molecular formula is C29H37N3O2. The van der Waals surface area contributed by atoms with E-state index in [2.05, 4.69) is 18.1 Å². The van der Waals surface area contributed by atoms with Gasteiger partial charge in [0, 0.05) is 11.3 Å². The number of aromatic nitrogens is 2. The molecule has 0 amide bonds. The molecule has 4 aliphatic rings. The van der Waals surface area contributed by atoms with Gasteiger partial charge in [0.2, 0.25) is 0 Å². The molecule has 34 heavy (non-hydrogen) atoms. The van der Waals surface area contributed by atoms with Crippen molar-refractivity contribution in [1.29, 1.82) is 5.26 Å². The first-order chi connectivity index (χ1) is 16.3. The van der Waals surface area contributed by atoms with E-state index < -0.39 is 5.60 Å². The third-order valence-corrected chi connectivity index (χ3v) is 10.7. The van der Waals surface area contributed by atoms with Crippen LogP contribution in [0.5, 0.6) is 0 Å². The van der Waals surface area contributed by atoms with Crippen molar-refractivity contribution in [3.05, 3.63) is 30.0 Å². The van der Waals surface area contributed by atoms with Crippen molar-refractivity contribution in [3.8, 4) is 6.07 Å². The van der Waals surface area contributed by atoms with Gasteiger partial charge in [0.15, 0.2) is 5.78 Å². The van der Waals surface area contributed by atoms with Crippen molar-refractivity contribution in [2.75, 3.05) is 0 Å². The zero-order valence-electron chi connectivity index (χ0n) is 20.5. The molecule has 0 saturated heterocycles. The summed E-state index contributed by atoms with van der Waals surface area (Å²) in [6.07, 6.45) is 12.1. The topological polar surface area (TPSA) is 78.9 Å². The molecule has 4 saturated carbocycles. The number of ketones is 1. The van der Waals surface area contributed by atoms with Gasteiger partial charge in [-0.05, 0) is 118 Å². The number of Topliss-reactive ketones (excluding diaryl/α,β-unsaturated/α-hetero) is 1. The second kappa shape index (κ2) is 7.92. The zero-order chi connectivity index (χ0) is 23.7. The van der Waals surface area contributed by atoms with Gasteiger partial charge in [0.05, 0.1) is 28.9 Å². The van der Waals surface area contributed by atoms with Crippen LogP contribution in [-0.4, -0.2) is 26.3 Å². The highest BCUT2D eigenvalue weighted by Gasteiger charge is 2.58. The van der Waals surface area contributed by atoms with Gasteiger partial charge in [-0.1, -0.05) is 6.92 Å². The molecule has 4 aliphatic carbocycles. The number of fused-ring (bicyclic) bond motifs is 6. The van der Waals surface area contributed by atoms with Crippen LogP contribution in [0.1, 0.15) is 77.2 Å². The lowest BCUT2D eigenvalue weighted by Gasteiger charge is -2.56. The number of benzene rings is 1.